The van der Waals surface area contributed by atoms with Crippen LogP contribution in [-0.2, 0) is 0 Å². The number of hydrogen-bond acceptors (Lipinski definition) is 1. The zero-order valence-electron chi connectivity index (χ0n) is 10.3. The molecular formula is C13H16BrF2NO. The maximum absolute atomic E-state index is 13.4. The molecule has 0 saturated carbocycles. The van der Waals surface area contributed by atoms with Gasteiger partial charge in [0.1, 0.15) is 11.6 Å². The topological polar surface area (TPSA) is 20.3 Å². The number of carbonyl (C=O) groups is 1. The first kappa shape index (κ1) is 15.1. The standard InChI is InChI=1S/C13H16BrF2NO/c1-17(8-4-2-3-7-14)13(18)11-9-10(15)5-6-12(11)16/h5-6,9H,2-4,7-8H2,1H3. The second-order valence-electron chi connectivity index (χ2n) is 4.10. The number of carbonyl (C=O) groups excluding carboxylic acids is 1. The molecule has 0 aliphatic carbocycles. The average molecular weight is 320 g/mol. The number of benzene rings is 1. The Morgan fingerprint density at radius 3 is 2.67 bits per heavy atom. The average Bonchev–Trinajstić information content (AvgIpc) is 2.36. The molecule has 0 heterocycles. The van der Waals surface area contributed by atoms with Crippen LogP contribution in [0.15, 0.2) is 18.2 Å². The molecule has 0 atom stereocenters. The van der Waals surface area contributed by atoms with Crippen molar-refractivity contribution < 1.29 is 13.6 Å². The lowest BCUT2D eigenvalue weighted by Crippen LogP contribution is -2.28. The number of hydrogen-bond donors (Lipinski definition) is 0. The first-order valence-electron chi connectivity index (χ1n) is 5.82. The maximum Gasteiger partial charge on any atom is 0.256 e. The Bertz CT molecular complexity index is 412. The minimum Gasteiger partial charge on any atom is -0.342 e. The lowest BCUT2D eigenvalue weighted by molar-refractivity contribution is 0.0787. The molecule has 5 heteroatoms. The molecule has 1 aromatic rings. The SMILES string of the molecule is CN(CCCCCBr)C(=O)c1cc(F)ccc1F. The van der Waals surface area contributed by atoms with Gasteiger partial charge >= 0.3 is 0 Å². The maximum atomic E-state index is 13.4. The van der Waals surface area contributed by atoms with E-state index in [4.69, 9.17) is 0 Å². The van der Waals surface area contributed by atoms with Crippen LogP contribution in [0.5, 0.6) is 0 Å². The van der Waals surface area contributed by atoms with Gasteiger partial charge in [-0.1, -0.05) is 22.4 Å². The highest BCUT2D eigenvalue weighted by Gasteiger charge is 2.16. The van der Waals surface area contributed by atoms with Crippen LogP contribution in [0, 0.1) is 11.6 Å². The lowest BCUT2D eigenvalue weighted by atomic mass is 10.1. The molecule has 1 rings (SSSR count). The van der Waals surface area contributed by atoms with Crippen molar-refractivity contribution in [3.8, 4) is 0 Å². The van der Waals surface area contributed by atoms with E-state index in [1.165, 1.54) is 4.90 Å². The Kier molecular flexibility index (Phi) is 6.25. The Morgan fingerprint density at radius 1 is 1.28 bits per heavy atom. The van der Waals surface area contributed by atoms with Crippen molar-refractivity contribution in [2.45, 2.75) is 19.3 Å². The first-order chi connectivity index (χ1) is 8.56. The van der Waals surface area contributed by atoms with Gasteiger partial charge < -0.3 is 4.90 Å². The van der Waals surface area contributed by atoms with Gasteiger partial charge in [0.25, 0.3) is 5.91 Å². The number of halogens is 3. The van der Waals surface area contributed by atoms with Crippen molar-refractivity contribution in [3.05, 3.63) is 35.4 Å². The van der Waals surface area contributed by atoms with Crippen LogP contribution < -0.4 is 0 Å². The second kappa shape index (κ2) is 7.46. The van der Waals surface area contributed by atoms with Crippen molar-refractivity contribution in [2.24, 2.45) is 0 Å². The predicted octanol–water partition coefficient (Wildman–Crippen LogP) is 3.60. The third-order valence-electron chi connectivity index (χ3n) is 2.63. The van der Waals surface area contributed by atoms with Gasteiger partial charge in [0.05, 0.1) is 5.56 Å². The highest BCUT2D eigenvalue weighted by atomic mass is 79.9. The number of nitrogens with zero attached hydrogens (tertiary/aromatic N) is 1. The van der Waals surface area contributed by atoms with E-state index in [0.717, 1.165) is 42.8 Å². The highest BCUT2D eigenvalue weighted by Crippen LogP contribution is 2.12. The van der Waals surface area contributed by atoms with Gasteiger partial charge in [-0.15, -0.1) is 0 Å². The Labute approximate surface area is 114 Å². The molecule has 1 amide bonds. The molecule has 100 valence electrons. The summed E-state index contributed by atoms with van der Waals surface area (Å²) in [5, 5.41) is 0.934. The molecule has 0 aromatic heterocycles. The Hall–Kier alpha value is -0.970. The molecule has 0 bridgehead atoms. The number of rotatable bonds is 6. The molecule has 1 aromatic carbocycles. The van der Waals surface area contributed by atoms with Gasteiger partial charge in [-0.05, 0) is 31.0 Å². The molecule has 0 fully saturated rings. The van der Waals surface area contributed by atoms with E-state index >= 15 is 0 Å². The molecule has 0 aliphatic rings. The van der Waals surface area contributed by atoms with E-state index in [-0.39, 0.29) is 5.56 Å². The van der Waals surface area contributed by atoms with E-state index in [1.807, 2.05) is 0 Å². The fourth-order valence-electron chi connectivity index (χ4n) is 1.59. The largest absolute Gasteiger partial charge is 0.342 e. The van der Waals surface area contributed by atoms with Crippen LogP contribution >= 0.6 is 15.9 Å². The molecule has 0 unspecified atom stereocenters. The summed E-state index contributed by atoms with van der Waals surface area (Å²) in [7, 11) is 1.60. The quantitative estimate of drug-likeness (QED) is 0.579. The summed E-state index contributed by atoms with van der Waals surface area (Å²) in [5.41, 5.74) is -0.210. The van der Waals surface area contributed by atoms with Crippen LogP contribution in [0.2, 0.25) is 0 Å². The smallest absolute Gasteiger partial charge is 0.256 e. The summed E-state index contributed by atoms with van der Waals surface area (Å²) in [4.78, 5) is 13.3. The predicted molar refractivity (Wildman–Crippen MR) is 71.0 cm³/mol. The van der Waals surface area contributed by atoms with Crippen molar-refractivity contribution in [1.29, 1.82) is 0 Å². The molecule has 0 radical (unpaired) electrons. The van der Waals surface area contributed by atoms with E-state index in [1.54, 1.807) is 7.05 Å². The summed E-state index contributed by atoms with van der Waals surface area (Å²) in [5.74, 6) is -1.77. The zero-order valence-corrected chi connectivity index (χ0v) is 11.8. The summed E-state index contributed by atoms with van der Waals surface area (Å²) >= 11 is 3.33. The lowest BCUT2D eigenvalue weighted by Gasteiger charge is -2.17. The van der Waals surface area contributed by atoms with Gasteiger partial charge in [-0.25, -0.2) is 8.78 Å². The Morgan fingerprint density at radius 2 is 2.00 bits per heavy atom. The molecule has 0 aliphatic heterocycles. The number of unbranched alkanes of at least 4 members (excludes halogenated alkanes) is 2. The minimum absolute atomic E-state index is 0.210. The molecule has 0 N–H and O–H groups in total. The summed E-state index contributed by atoms with van der Waals surface area (Å²) in [6.07, 6.45) is 2.88. The first-order valence-corrected chi connectivity index (χ1v) is 6.95. The minimum atomic E-state index is -0.686. The molecule has 2 nitrogen and oxygen atoms in total. The molecule has 0 spiro atoms. The number of alkyl halides is 1. The van der Waals surface area contributed by atoms with Crippen molar-refractivity contribution >= 4 is 21.8 Å². The third kappa shape index (κ3) is 4.37. The molecule has 18 heavy (non-hydrogen) atoms. The fraction of sp³-hybridized carbons (Fsp3) is 0.462. The van der Waals surface area contributed by atoms with Crippen LogP contribution in [0.1, 0.15) is 29.6 Å². The van der Waals surface area contributed by atoms with Crippen molar-refractivity contribution in [1.82, 2.24) is 4.90 Å². The summed E-state index contributed by atoms with van der Waals surface area (Å²) < 4.78 is 26.4. The van der Waals surface area contributed by atoms with Crippen LogP contribution in [0.3, 0.4) is 0 Å². The Balaban J connectivity index is 2.60. The van der Waals surface area contributed by atoms with Crippen LogP contribution in [0.25, 0.3) is 0 Å². The van der Waals surface area contributed by atoms with E-state index in [0.29, 0.717) is 6.54 Å². The van der Waals surface area contributed by atoms with Crippen molar-refractivity contribution in [2.75, 3.05) is 18.9 Å². The van der Waals surface area contributed by atoms with Crippen LogP contribution in [-0.4, -0.2) is 29.7 Å². The monoisotopic (exact) mass is 319 g/mol. The fourth-order valence-corrected chi connectivity index (χ4v) is 1.99. The van der Waals surface area contributed by atoms with Gasteiger partial charge in [0.15, 0.2) is 0 Å². The summed E-state index contributed by atoms with van der Waals surface area (Å²) in [6, 6.07) is 2.91. The van der Waals surface area contributed by atoms with Crippen LogP contribution in [0.4, 0.5) is 8.78 Å². The second-order valence-corrected chi connectivity index (χ2v) is 4.89. The van der Waals surface area contributed by atoms with Gasteiger partial charge in [-0.2, -0.15) is 0 Å². The molecule has 0 saturated heterocycles. The van der Waals surface area contributed by atoms with Crippen molar-refractivity contribution in [3.63, 3.8) is 0 Å². The summed E-state index contributed by atoms with van der Waals surface area (Å²) in [6.45, 7) is 0.543. The third-order valence-corrected chi connectivity index (χ3v) is 3.19. The van der Waals surface area contributed by atoms with E-state index in [2.05, 4.69) is 15.9 Å². The normalized spacial score (nSPS) is 10.4. The van der Waals surface area contributed by atoms with Gasteiger partial charge in [0.2, 0.25) is 0 Å². The number of amides is 1. The van der Waals surface area contributed by atoms with E-state index in [9.17, 15) is 13.6 Å². The van der Waals surface area contributed by atoms with Gasteiger partial charge in [0, 0.05) is 18.9 Å². The van der Waals surface area contributed by atoms with Gasteiger partial charge in [-0.3, -0.25) is 4.79 Å². The molecular weight excluding hydrogens is 304 g/mol. The van der Waals surface area contributed by atoms with E-state index < -0.39 is 17.5 Å². The zero-order chi connectivity index (χ0) is 13.5. The highest BCUT2D eigenvalue weighted by molar-refractivity contribution is 9.09.